The number of carbonyl (C=O) groups is 1. The zero-order valence-corrected chi connectivity index (χ0v) is 8.82. The first-order valence-corrected chi connectivity index (χ1v) is 4.80. The van der Waals surface area contributed by atoms with E-state index < -0.39 is 5.92 Å². The van der Waals surface area contributed by atoms with Gasteiger partial charge in [0.05, 0.1) is 6.07 Å². The minimum absolute atomic E-state index is 0.293. The third-order valence-corrected chi connectivity index (χ3v) is 2.05. The molecule has 0 radical (unpaired) electrons. The van der Waals surface area contributed by atoms with Crippen molar-refractivity contribution in [3.63, 3.8) is 0 Å². The third-order valence-electron chi connectivity index (χ3n) is 2.05. The Morgan fingerprint density at radius 2 is 2.47 bits per heavy atom. The second-order valence-electron chi connectivity index (χ2n) is 3.30. The number of carbonyl (C=O) groups excluding carboxylic acids is 1. The van der Waals surface area contributed by atoms with E-state index in [9.17, 15) is 4.79 Å². The van der Waals surface area contributed by atoms with Gasteiger partial charge in [-0.05, 0) is 31.0 Å². The molecule has 0 aliphatic carbocycles. The molecule has 1 N–H and O–H groups in total. The summed E-state index contributed by atoms with van der Waals surface area (Å²) in [6.45, 7) is 3.72. The maximum atomic E-state index is 11.5. The van der Waals surface area contributed by atoms with E-state index in [4.69, 9.17) is 5.26 Å². The Labute approximate surface area is 88.9 Å². The van der Waals surface area contributed by atoms with Crippen LogP contribution in [0.5, 0.6) is 0 Å². The summed E-state index contributed by atoms with van der Waals surface area (Å²) in [5.41, 5.74) is 1.02. The number of hydrogen-bond acceptors (Lipinski definition) is 3. The number of nitrogens with one attached hydrogen (secondary N) is 1. The quantitative estimate of drug-likeness (QED) is 0.815. The van der Waals surface area contributed by atoms with Crippen LogP contribution in [0.4, 0.5) is 5.82 Å². The zero-order chi connectivity index (χ0) is 11.3. The van der Waals surface area contributed by atoms with Crippen molar-refractivity contribution in [3.8, 4) is 6.07 Å². The van der Waals surface area contributed by atoms with Crippen LogP contribution < -0.4 is 5.32 Å². The van der Waals surface area contributed by atoms with Crippen molar-refractivity contribution in [2.24, 2.45) is 5.92 Å². The highest BCUT2D eigenvalue weighted by atomic mass is 16.1. The van der Waals surface area contributed by atoms with Gasteiger partial charge in [0, 0.05) is 6.20 Å². The van der Waals surface area contributed by atoms with Crippen molar-refractivity contribution >= 4 is 11.7 Å². The predicted molar refractivity (Wildman–Crippen MR) is 57.0 cm³/mol. The lowest BCUT2D eigenvalue weighted by molar-refractivity contribution is -0.118. The Bertz CT molecular complexity index is 395. The van der Waals surface area contributed by atoms with Crippen LogP contribution in [-0.4, -0.2) is 10.9 Å². The third kappa shape index (κ3) is 3.06. The van der Waals surface area contributed by atoms with Crippen molar-refractivity contribution in [1.29, 1.82) is 5.26 Å². The van der Waals surface area contributed by atoms with E-state index in [0.717, 1.165) is 5.56 Å². The average molecular weight is 203 g/mol. The van der Waals surface area contributed by atoms with E-state index in [1.54, 1.807) is 19.2 Å². The molecule has 15 heavy (non-hydrogen) atoms. The van der Waals surface area contributed by atoms with Crippen LogP contribution in [0.2, 0.25) is 0 Å². The van der Waals surface area contributed by atoms with E-state index in [2.05, 4.69) is 10.3 Å². The van der Waals surface area contributed by atoms with Gasteiger partial charge < -0.3 is 5.32 Å². The molecule has 1 rings (SSSR count). The summed E-state index contributed by atoms with van der Waals surface area (Å²) < 4.78 is 0. The molecule has 0 saturated carbocycles. The van der Waals surface area contributed by atoms with Crippen LogP contribution in [0, 0.1) is 24.2 Å². The second kappa shape index (κ2) is 5.11. The summed E-state index contributed by atoms with van der Waals surface area (Å²) in [5, 5.41) is 11.3. The van der Waals surface area contributed by atoms with Crippen molar-refractivity contribution < 1.29 is 4.79 Å². The molecule has 1 aromatic heterocycles. The summed E-state index contributed by atoms with van der Waals surface area (Å²) in [5.74, 6) is -0.404. The van der Waals surface area contributed by atoms with E-state index in [1.165, 1.54) is 0 Å². The summed E-state index contributed by atoms with van der Waals surface area (Å²) in [4.78, 5) is 15.5. The lowest BCUT2D eigenvalue weighted by atomic mass is 10.1. The Hall–Kier alpha value is -1.89. The fraction of sp³-hybridized carbons (Fsp3) is 0.364. The standard InChI is InChI=1S/C11H13N3O/c1-3-9(7-12)11(15)14-10-6-8(2)4-5-13-10/h4-6,9H,3H2,1-2H3,(H,13,14,15). The van der Waals surface area contributed by atoms with Crippen molar-refractivity contribution in [2.45, 2.75) is 20.3 Å². The van der Waals surface area contributed by atoms with Gasteiger partial charge in [-0.15, -0.1) is 0 Å². The summed E-state index contributed by atoms with van der Waals surface area (Å²) >= 11 is 0. The Morgan fingerprint density at radius 3 is 3.00 bits per heavy atom. The monoisotopic (exact) mass is 203 g/mol. The molecule has 1 aromatic rings. The molecular weight excluding hydrogens is 190 g/mol. The highest BCUT2D eigenvalue weighted by molar-refractivity contribution is 5.93. The Morgan fingerprint density at radius 1 is 1.73 bits per heavy atom. The van der Waals surface area contributed by atoms with Crippen LogP contribution in [0.25, 0.3) is 0 Å². The van der Waals surface area contributed by atoms with E-state index in [-0.39, 0.29) is 5.91 Å². The number of amides is 1. The summed E-state index contributed by atoms with van der Waals surface area (Å²) in [7, 11) is 0. The molecule has 0 fully saturated rings. The average Bonchev–Trinajstić information content (AvgIpc) is 2.19. The first-order valence-electron chi connectivity index (χ1n) is 4.80. The molecule has 0 aliphatic heterocycles. The minimum atomic E-state index is -0.604. The maximum Gasteiger partial charge on any atom is 0.242 e. The van der Waals surface area contributed by atoms with Crippen LogP contribution in [0.3, 0.4) is 0 Å². The number of nitrogens with zero attached hydrogens (tertiary/aromatic N) is 2. The molecule has 1 atom stereocenters. The molecule has 4 heteroatoms. The minimum Gasteiger partial charge on any atom is -0.310 e. The molecule has 0 saturated heterocycles. The van der Waals surface area contributed by atoms with Gasteiger partial charge in [0.2, 0.25) is 5.91 Å². The molecule has 0 spiro atoms. The van der Waals surface area contributed by atoms with Gasteiger partial charge >= 0.3 is 0 Å². The maximum absolute atomic E-state index is 11.5. The topological polar surface area (TPSA) is 65.8 Å². The molecule has 0 bridgehead atoms. The zero-order valence-electron chi connectivity index (χ0n) is 8.82. The number of pyridine rings is 1. The molecule has 1 amide bonds. The summed E-state index contributed by atoms with van der Waals surface area (Å²) in [6.07, 6.45) is 2.13. The Kier molecular flexibility index (Phi) is 3.81. The van der Waals surface area contributed by atoms with Gasteiger partial charge in [0.1, 0.15) is 11.7 Å². The van der Waals surface area contributed by atoms with Gasteiger partial charge in [-0.25, -0.2) is 4.98 Å². The molecule has 78 valence electrons. The van der Waals surface area contributed by atoms with Gasteiger partial charge in [-0.3, -0.25) is 4.79 Å². The molecule has 1 heterocycles. The molecular formula is C11H13N3O. The SMILES string of the molecule is CCC(C#N)C(=O)Nc1cc(C)ccn1. The van der Waals surface area contributed by atoms with Crippen molar-refractivity contribution in [2.75, 3.05) is 5.32 Å². The van der Waals surface area contributed by atoms with Crippen molar-refractivity contribution in [1.82, 2.24) is 4.98 Å². The smallest absolute Gasteiger partial charge is 0.242 e. The fourth-order valence-electron chi connectivity index (χ4n) is 1.15. The number of rotatable bonds is 3. The first-order chi connectivity index (χ1) is 7.17. The lowest BCUT2D eigenvalue weighted by Crippen LogP contribution is -2.21. The number of anilines is 1. The number of aromatic nitrogens is 1. The number of hydrogen-bond donors (Lipinski definition) is 1. The first kappa shape index (κ1) is 11.2. The second-order valence-corrected chi connectivity index (χ2v) is 3.30. The van der Waals surface area contributed by atoms with Crippen LogP contribution in [-0.2, 0) is 4.79 Å². The van der Waals surface area contributed by atoms with Gasteiger partial charge in [0.25, 0.3) is 0 Å². The number of nitriles is 1. The largest absolute Gasteiger partial charge is 0.310 e. The molecule has 0 aliphatic rings. The highest BCUT2D eigenvalue weighted by Gasteiger charge is 2.15. The molecule has 0 aromatic carbocycles. The van der Waals surface area contributed by atoms with Crippen LogP contribution in [0.15, 0.2) is 18.3 Å². The van der Waals surface area contributed by atoms with Gasteiger partial charge in [-0.1, -0.05) is 6.92 Å². The number of aryl methyl sites for hydroxylation is 1. The van der Waals surface area contributed by atoms with E-state index in [1.807, 2.05) is 19.1 Å². The molecule has 1 unspecified atom stereocenters. The summed E-state index contributed by atoms with van der Waals surface area (Å²) in [6, 6.07) is 5.56. The van der Waals surface area contributed by atoms with E-state index in [0.29, 0.717) is 12.2 Å². The fourth-order valence-corrected chi connectivity index (χ4v) is 1.15. The van der Waals surface area contributed by atoms with Crippen molar-refractivity contribution in [3.05, 3.63) is 23.9 Å². The van der Waals surface area contributed by atoms with E-state index >= 15 is 0 Å². The van der Waals surface area contributed by atoms with Crippen LogP contribution in [0.1, 0.15) is 18.9 Å². The Balaban J connectivity index is 2.71. The normalized spacial score (nSPS) is 11.5. The van der Waals surface area contributed by atoms with Gasteiger partial charge in [-0.2, -0.15) is 5.26 Å². The van der Waals surface area contributed by atoms with Gasteiger partial charge in [0.15, 0.2) is 0 Å². The highest BCUT2D eigenvalue weighted by Crippen LogP contribution is 2.08. The van der Waals surface area contributed by atoms with Crippen LogP contribution >= 0.6 is 0 Å². The molecule has 4 nitrogen and oxygen atoms in total. The predicted octanol–water partition coefficient (Wildman–Crippen LogP) is 1.88. The lowest BCUT2D eigenvalue weighted by Gasteiger charge is -2.07.